The molecule has 1 unspecified atom stereocenters. The Bertz CT molecular complexity index is 444. The van der Waals surface area contributed by atoms with Crippen molar-refractivity contribution in [2.24, 2.45) is 5.73 Å². The number of aryl methyl sites for hydroxylation is 1. The molecule has 0 aliphatic carbocycles. The van der Waals surface area contributed by atoms with E-state index < -0.39 is 5.97 Å². The van der Waals surface area contributed by atoms with E-state index in [2.05, 4.69) is 0 Å². The second kappa shape index (κ2) is 4.63. The van der Waals surface area contributed by atoms with Crippen molar-refractivity contribution >= 4 is 5.97 Å². The molecule has 0 bridgehead atoms. The molecule has 5 nitrogen and oxygen atoms in total. The molecule has 0 radical (unpaired) electrons. The highest BCUT2D eigenvalue weighted by molar-refractivity contribution is 5.66. The highest BCUT2D eigenvalue weighted by atomic mass is 16.7. The molecule has 0 fully saturated rings. The van der Waals surface area contributed by atoms with E-state index in [1.807, 2.05) is 19.1 Å². The van der Waals surface area contributed by atoms with Crippen molar-refractivity contribution < 1.29 is 19.4 Å². The van der Waals surface area contributed by atoms with Gasteiger partial charge in [0.1, 0.15) is 0 Å². The summed E-state index contributed by atoms with van der Waals surface area (Å²) in [5.41, 5.74) is 7.88. The molecule has 5 heteroatoms. The summed E-state index contributed by atoms with van der Waals surface area (Å²) in [6.07, 6.45) is 0.477. The van der Waals surface area contributed by atoms with E-state index in [0.29, 0.717) is 12.2 Å². The van der Waals surface area contributed by atoms with Gasteiger partial charge in [-0.2, -0.15) is 0 Å². The molecule has 1 aliphatic heterocycles. The average Bonchev–Trinajstić information content (AvgIpc) is 2.71. The maximum Gasteiger partial charge on any atom is 0.303 e. The fraction of sp³-hybridized carbons (Fsp3) is 0.417. The van der Waals surface area contributed by atoms with Gasteiger partial charge in [-0.3, -0.25) is 4.79 Å². The lowest BCUT2D eigenvalue weighted by atomic mass is 9.97. The van der Waals surface area contributed by atoms with Crippen molar-refractivity contribution in [1.82, 2.24) is 0 Å². The molecule has 1 atom stereocenters. The molecule has 1 aromatic carbocycles. The van der Waals surface area contributed by atoms with Gasteiger partial charge in [-0.15, -0.1) is 0 Å². The number of aliphatic carboxylic acids is 1. The number of carboxylic acids is 1. The molecule has 0 spiro atoms. The molecule has 1 aromatic rings. The fourth-order valence-electron chi connectivity index (χ4n) is 1.89. The summed E-state index contributed by atoms with van der Waals surface area (Å²) in [5.74, 6) is 0.562. The zero-order valence-electron chi connectivity index (χ0n) is 9.60. The third-order valence-electron chi connectivity index (χ3n) is 2.83. The molecule has 0 amide bonds. The van der Waals surface area contributed by atoms with Crippen LogP contribution in [0.3, 0.4) is 0 Å². The molecular formula is C12H15NO4. The van der Waals surface area contributed by atoms with E-state index in [1.54, 1.807) is 0 Å². The predicted octanol–water partition coefficient (Wildman–Crippen LogP) is 1.59. The van der Waals surface area contributed by atoms with E-state index in [-0.39, 0.29) is 19.3 Å². The topological polar surface area (TPSA) is 81.8 Å². The van der Waals surface area contributed by atoms with Crippen LogP contribution in [-0.2, 0) is 4.79 Å². The first kappa shape index (κ1) is 11.7. The van der Waals surface area contributed by atoms with Crippen molar-refractivity contribution in [3.05, 3.63) is 23.3 Å². The van der Waals surface area contributed by atoms with E-state index in [4.69, 9.17) is 20.3 Å². The van der Waals surface area contributed by atoms with Gasteiger partial charge in [0, 0.05) is 12.5 Å². The smallest absolute Gasteiger partial charge is 0.303 e. The van der Waals surface area contributed by atoms with Crippen molar-refractivity contribution in [2.45, 2.75) is 25.8 Å². The fourth-order valence-corrected chi connectivity index (χ4v) is 1.89. The molecule has 0 saturated heterocycles. The van der Waals surface area contributed by atoms with Gasteiger partial charge in [-0.1, -0.05) is 0 Å². The maximum atomic E-state index is 10.5. The minimum atomic E-state index is -0.834. The van der Waals surface area contributed by atoms with Crippen LogP contribution in [0.1, 0.15) is 30.0 Å². The van der Waals surface area contributed by atoms with Gasteiger partial charge in [0.2, 0.25) is 6.79 Å². The van der Waals surface area contributed by atoms with Crippen LogP contribution >= 0.6 is 0 Å². The average molecular weight is 237 g/mol. The summed E-state index contributed by atoms with van der Waals surface area (Å²) in [7, 11) is 0. The molecule has 1 aliphatic rings. The zero-order chi connectivity index (χ0) is 12.4. The van der Waals surface area contributed by atoms with E-state index in [1.165, 1.54) is 0 Å². The van der Waals surface area contributed by atoms with Crippen molar-refractivity contribution in [3.63, 3.8) is 0 Å². The Morgan fingerprint density at radius 2 is 2.12 bits per heavy atom. The SMILES string of the molecule is Cc1cc2c(cc1C(N)CCC(=O)O)OCO2. The summed E-state index contributed by atoms with van der Waals surface area (Å²) in [6.45, 7) is 2.15. The Morgan fingerprint density at radius 3 is 2.76 bits per heavy atom. The number of hydrogen-bond donors (Lipinski definition) is 2. The predicted molar refractivity (Wildman–Crippen MR) is 61.1 cm³/mol. The monoisotopic (exact) mass is 237 g/mol. The van der Waals surface area contributed by atoms with Gasteiger partial charge in [-0.05, 0) is 36.6 Å². The van der Waals surface area contributed by atoms with Crippen LogP contribution in [0.15, 0.2) is 12.1 Å². The first-order valence-corrected chi connectivity index (χ1v) is 5.45. The second-order valence-electron chi connectivity index (χ2n) is 4.10. The zero-order valence-corrected chi connectivity index (χ0v) is 9.60. The summed E-state index contributed by atoms with van der Waals surface area (Å²) < 4.78 is 10.5. The number of carbonyl (C=O) groups is 1. The third kappa shape index (κ3) is 2.50. The maximum absolute atomic E-state index is 10.5. The Hall–Kier alpha value is -1.75. The Kier molecular flexibility index (Phi) is 3.19. The van der Waals surface area contributed by atoms with Gasteiger partial charge in [0.05, 0.1) is 0 Å². The number of rotatable bonds is 4. The van der Waals surface area contributed by atoms with Crippen LogP contribution in [0.2, 0.25) is 0 Å². The Morgan fingerprint density at radius 1 is 1.47 bits per heavy atom. The van der Waals surface area contributed by atoms with Gasteiger partial charge >= 0.3 is 5.97 Å². The van der Waals surface area contributed by atoms with Gasteiger partial charge in [0.25, 0.3) is 0 Å². The van der Waals surface area contributed by atoms with Crippen LogP contribution < -0.4 is 15.2 Å². The molecule has 0 saturated carbocycles. The van der Waals surface area contributed by atoms with Crippen LogP contribution in [0.25, 0.3) is 0 Å². The molecule has 2 rings (SSSR count). The lowest BCUT2D eigenvalue weighted by Crippen LogP contribution is -2.13. The Labute approximate surface area is 99.1 Å². The van der Waals surface area contributed by atoms with E-state index in [9.17, 15) is 4.79 Å². The molecule has 92 valence electrons. The van der Waals surface area contributed by atoms with E-state index in [0.717, 1.165) is 16.9 Å². The molecule has 1 heterocycles. The quantitative estimate of drug-likeness (QED) is 0.831. The minimum Gasteiger partial charge on any atom is -0.481 e. The highest BCUT2D eigenvalue weighted by Gasteiger charge is 2.19. The molecule has 17 heavy (non-hydrogen) atoms. The number of benzene rings is 1. The lowest BCUT2D eigenvalue weighted by Gasteiger charge is -2.14. The molecule has 3 N–H and O–H groups in total. The van der Waals surface area contributed by atoms with Crippen LogP contribution in [0.5, 0.6) is 11.5 Å². The summed E-state index contributed by atoms with van der Waals surface area (Å²) in [6, 6.07) is 3.42. The van der Waals surface area contributed by atoms with Crippen LogP contribution in [0.4, 0.5) is 0 Å². The third-order valence-corrected chi connectivity index (χ3v) is 2.83. The largest absolute Gasteiger partial charge is 0.481 e. The normalized spacial score (nSPS) is 14.7. The Balaban J connectivity index is 2.17. The summed E-state index contributed by atoms with van der Waals surface area (Å²) >= 11 is 0. The number of ether oxygens (including phenoxy) is 2. The van der Waals surface area contributed by atoms with Crippen LogP contribution in [-0.4, -0.2) is 17.9 Å². The van der Waals surface area contributed by atoms with Crippen molar-refractivity contribution in [1.29, 1.82) is 0 Å². The first-order valence-electron chi connectivity index (χ1n) is 5.45. The first-order chi connectivity index (χ1) is 8.08. The highest BCUT2D eigenvalue weighted by Crippen LogP contribution is 2.36. The number of nitrogens with two attached hydrogens (primary N) is 1. The second-order valence-corrected chi connectivity index (χ2v) is 4.10. The molecular weight excluding hydrogens is 222 g/mol. The van der Waals surface area contributed by atoms with Crippen LogP contribution in [0, 0.1) is 6.92 Å². The van der Waals surface area contributed by atoms with Gasteiger partial charge in [0.15, 0.2) is 11.5 Å². The summed E-state index contributed by atoms with van der Waals surface area (Å²) in [5, 5.41) is 8.63. The number of carboxylic acid groups (broad SMARTS) is 1. The van der Waals surface area contributed by atoms with Gasteiger partial charge < -0.3 is 20.3 Å². The molecule has 0 aromatic heterocycles. The number of fused-ring (bicyclic) bond motifs is 1. The van der Waals surface area contributed by atoms with Crippen molar-refractivity contribution in [2.75, 3.05) is 6.79 Å². The lowest BCUT2D eigenvalue weighted by molar-refractivity contribution is -0.137. The van der Waals surface area contributed by atoms with E-state index >= 15 is 0 Å². The summed E-state index contributed by atoms with van der Waals surface area (Å²) in [4.78, 5) is 10.5. The minimum absolute atomic E-state index is 0.0645. The van der Waals surface area contributed by atoms with Crippen molar-refractivity contribution in [3.8, 4) is 11.5 Å². The number of hydrogen-bond acceptors (Lipinski definition) is 4. The standard InChI is InChI=1S/C12H15NO4/c1-7-4-10-11(17-6-16-10)5-8(7)9(13)2-3-12(14)15/h4-5,9H,2-3,6,13H2,1H3,(H,14,15). The van der Waals surface area contributed by atoms with Gasteiger partial charge in [-0.25, -0.2) is 0 Å².